The van der Waals surface area contributed by atoms with Crippen LogP contribution in [0.5, 0.6) is 5.75 Å². The van der Waals surface area contributed by atoms with Crippen LogP contribution in [0.15, 0.2) is 24.3 Å². The molecular weight excluding hydrogens is 368 g/mol. The van der Waals surface area contributed by atoms with Crippen molar-refractivity contribution >= 4 is 28.3 Å². The lowest BCUT2D eigenvalue weighted by Gasteiger charge is -2.22. The van der Waals surface area contributed by atoms with Crippen molar-refractivity contribution in [3.63, 3.8) is 0 Å². The molecule has 0 fully saturated rings. The van der Waals surface area contributed by atoms with Gasteiger partial charge in [0.2, 0.25) is 16.9 Å². The summed E-state index contributed by atoms with van der Waals surface area (Å²) >= 11 is 1.25. The van der Waals surface area contributed by atoms with Gasteiger partial charge in [-0.25, -0.2) is 0 Å². The second kappa shape index (κ2) is 9.98. The number of methoxy groups -OCH3 is 2. The third kappa shape index (κ3) is 5.73. The standard InChI is InChI=1S/C18H24N4O4S/c1-5-11(2)15(19-14(23)10-25-3)16(24)20-18-22-21-17(27-18)12-7-6-8-13(9-12)26-4/h6-9,11,15H,5,10H2,1-4H3,(H,19,23)(H,20,22,24). The van der Waals surface area contributed by atoms with Gasteiger partial charge in [0.15, 0.2) is 0 Å². The normalized spacial score (nSPS) is 12.9. The van der Waals surface area contributed by atoms with Gasteiger partial charge in [0.25, 0.3) is 0 Å². The van der Waals surface area contributed by atoms with Crippen molar-refractivity contribution in [1.82, 2.24) is 15.5 Å². The second-order valence-corrected chi connectivity index (χ2v) is 6.97. The molecule has 27 heavy (non-hydrogen) atoms. The number of nitrogens with zero attached hydrogens (tertiary/aromatic N) is 2. The van der Waals surface area contributed by atoms with Crippen LogP contribution in [0.2, 0.25) is 0 Å². The fourth-order valence-electron chi connectivity index (χ4n) is 2.38. The highest BCUT2D eigenvalue weighted by Crippen LogP contribution is 2.29. The zero-order valence-corrected chi connectivity index (χ0v) is 16.6. The summed E-state index contributed by atoms with van der Waals surface area (Å²) in [4.78, 5) is 24.5. The van der Waals surface area contributed by atoms with Crippen molar-refractivity contribution in [2.45, 2.75) is 26.3 Å². The molecule has 0 saturated carbocycles. The van der Waals surface area contributed by atoms with Crippen molar-refractivity contribution in [2.24, 2.45) is 5.92 Å². The first kappa shape index (κ1) is 20.8. The molecule has 0 spiro atoms. The average Bonchev–Trinajstić information content (AvgIpc) is 3.14. The molecule has 2 amide bonds. The highest BCUT2D eigenvalue weighted by Gasteiger charge is 2.26. The molecule has 0 bridgehead atoms. The smallest absolute Gasteiger partial charge is 0.249 e. The van der Waals surface area contributed by atoms with E-state index < -0.39 is 6.04 Å². The maximum atomic E-state index is 12.7. The van der Waals surface area contributed by atoms with Gasteiger partial charge in [-0.2, -0.15) is 0 Å². The maximum absolute atomic E-state index is 12.7. The van der Waals surface area contributed by atoms with E-state index in [-0.39, 0.29) is 24.3 Å². The predicted octanol–water partition coefficient (Wildman–Crippen LogP) is 2.33. The Balaban J connectivity index is 2.11. The molecule has 2 N–H and O–H groups in total. The van der Waals surface area contributed by atoms with Gasteiger partial charge in [-0.1, -0.05) is 43.7 Å². The molecule has 0 radical (unpaired) electrons. The first-order valence-electron chi connectivity index (χ1n) is 8.55. The molecule has 2 atom stereocenters. The van der Waals surface area contributed by atoms with Gasteiger partial charge in [0.1, 0.15) is 23.4 Å². The number of benzene rings is 1. The molecule has 2 unspecified atom stereocenters. The number of anilines is 1. The van der Waals surface area contributed by atoms with Crippen LogP contribution in [0.1, 0.15) is 20.3 Å². The van der Waals surface area contributed by atoms with E-state index in [1.54, 1.807) is 7.11 Å². The molecule has 0 aliphatic rings. The Labute approximate surface area is 162 Å². The third-order valence-electron chi connectivity index (χ3n) is 4.06. The Morgan fingerprint density at radius 2 is 2.04 bits per heavy atom. The van der Waals surface area contributed by atoms with Gasteiger partial charge in [0.05, 0.1) is 7.11 Å². The highest BCUT2D eigenvalue weighted by atomic mass is 32.1. The first-order valence-corrected chi connectivity index (χ1v) is 9.37. The van der Waals surface area contributed by atoms with Crippen LogP contribution in [0.4, 0.5) is 5.13 Å². The van der Waals surface area contributed by atoms with Crippen LogP contribution in [-0.2, 0) is 14.3 Å². The van der Waals surface area contributed by atoms with Gasteiger partial charge < -0.3 is 14.8 Å². The third-order valence-corrected chi connectivity index (χ3v) is 4.95. The van der Waals surface area contributed by atoms with Crippen molar-refractivity contribution in [2.75, 3.05) is 26.1 Å². The fraction of sp³-hybridized carbons (Fsp3) is 0.444. The SMILES string of the molecule is CCC(C)C(NC(=O)COC)C(=O)Nc1nnc(-c2cccc(OC)c2)s1. The highest BCUT2D eigenvalue weighted by molar-refractivity contribution is 7.18. The quantitative estimate of drug-likeness (QED) is 0.679. The van der Waals surface area contributed by atoms with E-state index in [1.165, 1.54) is 18.4 Å². The lowest BCUT2D eigenvalue weighted by atomic mass is 9.98. The number of hydrogen-bond donors (Lipinski definition) is 2. The molecule has 146 valence electrons. The van der Waals surface area contributed by atoms with Crippen LogP contribution < -0.4 is 15.4 Å². The summed E-state index contributed by atoms with van der Waals surface area (Å²) in [6.07, 6.45) is 0.733. The van der Waals surface area contributed by atoms with E-state index in [2.05, 4.69) is 20.8 Å². The van der Waals surface area contributed by atoms with Gasteiger partial charge >= 0.3 is 0 Å². The molecular formula is C18H24N4O4S. The van der Waals surface area contributed by atoms with E-state index in [9.17, 15) is 9.59 Å². The fourth-order valence-corrected chi connectivity index (χ4v) is 3.12. The summed E-state index contributed by atoms with van der Waals surface area (Å²) in [5, 5.41) is 14.6. The summed E-state index contributed by atoms with van der Waals surface area (Å²) in [5.41, 5.74) is 0.847. The predicted molar refractivity (Wildman–Crippen MR) is 104 cm³/mol. The minimum atomic E-state index is -0.679. The van der Waals surface area contributed by atoms with E-state index in [1.807, 2.05) is 38.1 Å². The van der Waals surface area contributed by atoms with Crippen LogP contribution >= 0.6 is 11.3 Å². The second-order valence-electron chi connectivity index (χ2n) is 6.00. The molecule has 2 aromatic rings. The largest absolute Gasteiger partial charge is 0.497 e. The number of amides is 2. The van der Waals surface area contributed by atoms with Crippen molar-refractivity contribution in [1.29, 1.82) is 0 Å². The minimum absolute atomic E-state index is 0.0448. The molecule has 0 aliphatic carbocycles. The Bertz CT molecular complexity index is 780. The minimum Gasteiger partial charge on any atom is -0.497 e. The number of carbonyl (C=O) groups excluding carboxylic acids is 2. The molecule has 9 heteroatoms. The van der Waals surface area contributed by atoms with Crippen molar-refractivity contribution in [3.8, 4) is 16.3 Å². The summed E-state index contributed by atoms with van der Waals surface area (Å²) in [5.74, 6) is -0.00279. The van der Waals surface area contributed by atoms with Crippen molar-refractivity contribution in [3.05, 3.63) is 24.3 Å². The summed E-state index contributed by atoms with van der Waals surface area (Å²) in [6, 6.07) is 6.76. The molecule has 1 aromatic heterocycles. The zero-order valence-electron chi connectivity index (χ0n) is 15.8. The number of carbonyl (C=O) groups is 2. The zero-order chi connectivity index (χ0) is 19.8. The van der Waals surface area contributed by atoms with E-state index in [0.29, 0.717) is 15.9 Å². The Morgan fingerprint density at radius 3 is 2.70 bits per heavy atom. The molecule has 0 aliphatic heterocycles. The van der Waals surface area contributed by atoms with Crippen LogP contribution in [0, 0.1) is 5.92 Å². The van der Waals surface area contributed by atoms with Crippen LogP contribution in [-0.4, -0.2) is 48.9 Å². The monoisotopic (exact) mass is 392 g/mol. The molecule has 8 nitrogen and oxygen atoms in total. The van der Waals surface area contributed by atoms with E-state index >= 15 is 0 Å². The van der Waals surface area contributed by atoms with Crippen LogP contribution in [0.25, 0.3) is 10.6 Å². The number of nitrogens with one attached hydrogen (secondary N) is 2. The molecule has 0 saturated heterocycles. The topological polar surface area (TPSA) is 102 Å². The Kier molecular flexibility index (Phi) is 7.68. The molecule has 1 heterocycles. The number of ether oxygens (including phenoxy) is 2. The number of rotatable bonds is 9. The van der Waals surface area contributed by atoms with Crippen LogP contribution in [0.3, 0.4) is 0 Å². The molecule has 1 aromatic carbocycles. The summed E-state index contributed by atoms with van der Waals surface area (Å²) in [7, 11) is 3.02. The van der Waals surface area contributed by atoms with Gasteiger partial charge in [0, 0.05) is 12.7 Å². The Hall–Kier alpha value is -2.52. The lowest BCUT2D eigenvalue weighted by Crippen LogP contribution is -2.48. The summed E-state index contributed by atoms with van der Waals surface area (Å²) in [6.45, 7) is 3.76. The number of aromatic nitrogens is 2. The van der Waals surface area contributed by atoms with Crippen molar-refractivity contribution < 1.29 is 19.1 Å². The van der Waals surface area contributed by atoms with Gasteiger partial charge in [-0.15, -0.1) is 10.2 Å². The van der Waals surface area contributed by atoms with E-state index in [4.69, 9.17) is 9.47 Å². The van der Waals surface area contributed by atoms with Gasteiger partial charge in [-0.3, -0.25) is 14.9 Å². The summed E-state index contributed by atoms with van der Waals surface area (Å²) < 4.78 is 10.0. The van der Waals surface area contributed by atoms with E-state index in [0.717, 1.165) is 12.0 Å². The Morgan fingerprint density at radius 1 is 1.26 bits per heavy atom. The average molecular weight is 392 g/mol. The maximum Gasteiger partial charge on any atom is 0.249 e. The molecule has 2 rings (SSSR count). The number of hydrogen-bond acceptors (Lipinski definition) is 7. The first-order chi connectivity index (χ1) is 13.0. The lowest BCUT2D eigenvalue weighted by molar-refractivity contribution is -0.130. The van der Waals surface area contributed by atoms with Gasteiger partial charge in [-0.05, 0) is 18.1 Å².